The summed E-state index contributed by atoms with van der Waals surface area (Å²) in [5.41, 5.74) is 2.80. The van der Waals surface area contributed by atoms with E-state index in [4.69, 9.17) is 0 Å². The SMILES string of the molecule is CN(C)C1CCN(C(=O)Nc2ccc(C=Cc3ccccn3)cc2)C1. The number of amides is 2. The van der Waals surface area contributed by atoms with Crippen molar-refractivity contribution in [1.82, 2.24) is 14.8 Å². The van der Waals surface area contributed by atoms with Gasteiger partial charge in [-0.25, -0.2) is 4.79 Å². The third kappa shape index (κ3) is 4.67. The Bertz CT molecular complexity index is 725. The Morgan fingerprint density at radius 1 is 1.20 bits per heavy atom. The summed E-state index contributed by atoms with van der Waals surface area (Å²) < 4.78 is 0. The minimum absolute atomic E-state index is 0.0267. The van der Waals surface area contributed by atoms with Crippen LogP contribution < -0.4 is 5.32 Å². The van der Waals surface area contributed by atoms with E-state index in [1.54, 1.807) is 6.20 Å². The van der Waals surface area contributed by atoms with Crippen molar-refractivity contribution in [3.8, 4) is 0 Å². The normalized spacial score (nSPS) is 17.4. The van der Waals surface area contributed by atoms with Crippen LogP contribution in [0.25, 0.3) is 12.2 Å². The van der Waals surface area contributed by atoms with Gasteiger partial charge < -0.3 is 15.1 Å². The number of carbonyl (C=O) groups excluding carboxylic acids is 1. The number of nitrogens with zero attached hydrogens (tertiary/aromatic N) is 3. The number of likely N-dealkylation sites (tertiary alicyclic amines) is 1. The molecule has 0 saturated carbocycles. The summed E-state index contributed by atoms with van der Waals surface area (Å²) >= 11 is 0. The van der Waals surface area contributed by atoms with Crippen LogP contribution in [0, 0.1) is 0 Å². The zero-order valence-corrected chi connectivity index (χ0v) is 14.7. The number of rotatable bonds is 4. The van der Waals surface area contributed by atoms with Crippen molar-refractivity contribution in [1.29, 1.82) is 0 Å². The second-order valence-electron chi connectivity index (χ2n) is 6.49. The Labute approximate surface area is 149 Å². The van der Waals surface area contributed by atoms with Crippen molar-refractivity contribution >= 4 is 23.9 Å². The lowest BCUT2D eigenvalue weighted by molar-refractivity contribution is 0.216. The number of benzene rings is 1. The summed E-state index contributed by atoms with van der Waals surface area (Å²) in [7, 11) is 4.12. The highest BCUT2D eigenvalue weighted by molar-refractivity contribution is 5.89. The van der Waals surface area contributed by atoms with E-state index in [1.165, 1.54) is 0 Å². The molecule has 1 unspecified atom stereocenters. The minimum Gasteiger partial charge on any atom is -0.323 e. The second kappa shape index (κ2) is 7.94. The average Bonchev–Trinajstić information content (AvgIpc) is 3.13. The monoisotopic (exact) mass is 336 g/mol. The number of nitrogens with one attached hydrogen (secondary N) is 1. The van der Waals surface area contributed by atoms with Gasteiger partial charge in [-0.05, 0) is 56.4 Å². The molecule has 25 heavy (non-hydrogen) atoms. The number of hydrogen-bond acceptors (Lipinski definition) is 3. The van der Waals surface area contributed by atoms with Gasteiger partial charge in [-0.2, -0.15) is 0 Å². The molecule has 1 N–H and O–H groups in total. The Hall–Kier alpha value is -2.66. The van der Waals surface area contributed by atoms with Crippen LogP contribution in [0.15, 0.2) is 48.7 Å². The van der Waals surface area contributed by atoms with Gasteiger partial charge in [0.2, 0.25) is 0 Å². The first kappa shape index (κ1) is 17.2. The molecule has 1 saturated heterocycles. The van der Waals surface area contributed by atoms with Gasteiger partial charge in [-0.15, -0.1) is 0 Å². The van der Waals surface area contributed by atoms with Crippen LogP contribution in [0.2, 0.25) is 0 Å². The first-order chi connectivity index (χ1) is 12.1. The Kier molecular flexibility index (Phi) is 5.46. The molecular formula is C20H24N4O. The van der Waals surface area contributed by atoms with Gasteiger partial charge >= 0.3 is 6.03 Å². The number of pyridine rings is 1. The van der Waals surface area contributed by atoms with Crippen LogP contribution in [0.4, 0.5) is 10.5 Å². The van der Waals surface area contributed by atoms with Gasteiger partial charge in [0.15, 0.2) is 0 Å². The van der Waals surface area contributed by atoms with Crippen molar-refractivity contribution in [2.45, 2.75) is 12.5 Å². The van der Waals surface area contributed by atoms with E-state index < -0.39 is 0 Å². The lowest BCUT2D eigenvalue weighted by Gasteiger charge is -2.20. The highest BCUT2D eigenvalue weighted by Crippen LogP contribution is 2.16. The summed E-state index contributed by atoms with van der Waals surface area (Å²) in [4.78, 5) is 20.7. The molecule has 1 aromatic heterocycles. The molecule has 1 aliphatic rings. The van der Waals surface area contributed by atoms with Crippen LogP contribution >= 0.6 is 0 Å². The molecule has 0 aliphatic carbocycles. The molecule has 5 nitrogen and oxygen atoms in total. The van der Waals surface area contributed by atoms with E-state index in [1.807, 2.05) is 59.5 Å². The van der Waals surface area contributed by atoms with Gasteiger partial charge in [0, 0.05) is 31.0 Å². The summed E-state index contributed by atoms with van der Waals surface area (Å²) in [5.74, 6) is 0. The van der Waals surface area contributed by atoms with Crippen molar-refractivity contribution in [3.63, 3.8) is 0 Å². The number of aromatic nitrogens is 1. The number of urea groups is 1. The molecule has 2 amide bonds. The highest BCUT2D eigenvalue weighted by atomic mass is 16.2. The molecule has 0 bridgehead atoms. The third-order valence-corrected chi connectivity index (χ3v) is 4.48. The first-order valence-corrected chi connectivity index (χ1v) is 8.53. The smallest absolute Gasteiger partial charge is 0.321 e. The van der Waals surface area contributed by atoms with Crippen LogP contribution in [0.3, 0.4) is 0 Å². The van der Waals surface area contributed by atoms with E-state index >= 15 is 0 Å². The molecule has 1 fully saturated rings. The summed E-state index contributed by atoms with van der Waals surface area (Å²) in [6.45, 7) is 1.59. The van der Waals surface area contributed by atoms with E-state index in [0.717, 1.165) is 36.5 Å². The maximum absolute atomic E-state index is 12.4. The van der Waals surface area contributed by atoms with Gasteiger partial charge in [0.05, 0.1) is 5.69 Å². The standard InChI is InChI=1S/C20H24N4O/c1-23(2)19-12-14-24(15-19)20(25)22-18-10-7-16(8-11-18)6-9-17-5-3-4-13-21-17/h3-11,13,19H,12,14-15H2,1-2H3,(H,22,25). The number of hydrogen-bond donors (Lipinski definition) is 1. The topological polar surface area (TPSA) is 48.5 Å². The first-order valence-electron chi connectivity index (χ1n) is 8.53. The largest absolute Gasteiger partial charge is 0.323 e. The molecule has 0 radical (unpaired) electrons. The van der Waals surface area contributed by atoms with Gasteiger partial charge in [0.1, 0.15) is 0 Å². The zero-order valence-electron chi connectivity index (χ0n) is 14.7. The maximum atomic E-state index is 12.4. The number of carbonyl (C=O) groups is 1. The summed E-state index contributed by atoms with van der Waals surface area (Å²) in [6.07, 6.45) is 6.78. The fourth-order valence-electron chi connectivity index (χ4n) is 2.88. The van der Waals surface area contributed by atoms with Gasteiger partial charge in [-0.1, -0.05) is 24.3 Å². The maximum Gasteiger partial charge on any atom is 0.321 e. The molecule has 2 aromatic rings. The highest BCUT2D eigenvalue weighted by Gasteiger charge is 2.27. The van der Waals surface area contributed by atoms with Crippen molar-refractivity contribution in [2.75, 3.05) is 32.5 Å². The predicted molar refractivity (Wildman–Crippen MR) is 102 cm³/mol. The third-order valence-electron chi connectivity index (χ3n) is 4.48. The number of likely N-dealkylation sites (N-methyl/N-ethyl adjacent to an activating group) is 1. The van der Waals surface area contributed by atoms with Gasteiger partial charge in [-0.3, -0.25) is 4.98 Å². The van der Waals surface area contributed by atoms with E-state index in [2.05, 4.69) is 29.3 Å². The lowest BCUT2D eigenvalue weighted by atomic mass is 10.2. The van der Waals surface area contributed by atoms with E-state index in [-0.39, 0.29) is 6.03 Å². The fraction of sp³-hybridized carbons (Fsp3) is 0.300. The quantitative estimate of drug-likeness (QED) is 0.931. The molecule has 0 spiro atoms. The average molecular weight is 336 g/mol. The molecule has 130 valence electrons. The van der Waals surface area contributed by atoms with Crippen molar-refractivity contribution in [2.24, 2.45) is 0 Å². The van der Waals surface area contributed by atoms with Crippen LogP contribution in [0.5, 0.6) is 0 Å². The van der Waals surface area contributed by atoms with Crippen LogP contribution in [0.1, 0.15) is 17.7 Å². The summed E-state index contributed by atoms with van der Waals surface area (Å²) in [6, 6.07) is 14.1. The van der Waals surface area contributed by atoms with E-state index in [0.29, 0.717) is 6.04 Å². The molecule has 3 rings (SSSR count). The lowest BCUT2D eigenvalue weighted by Crippen LogP contribution is -2.36. The minimum atomic E-state index is -0.0267. The van der Waals surface area contributed by atoms with Crippen molar-refractivity contribution < 1.29 is 4.79 Å². The zero-order chi connectivity index (χ0) is 17.6. The van der Waals surface area contributed by atoms with Crippen molar-refractivity contribution in [3.05, 3.63) is 59.9 Å². The molecule has 1 aromatic carbocycles. The molecule has 1 atom stereocenters. The Balaban J connectivity index is 1.56. The molecule has 5 heteroatoms. The number of anilines is 1. The van der Waals surface area contributed by atoms with Crippen LogP contribution in [-0.4, -0.2) is 54.0 Å². The second-order valence-corrected chi connectivity index (χ2v) is 6.49. The van der Waals surface area contributed by atoms with Crippen LogP contribution in [-0.2, 0) is 0 Å². The Morgan fingerprint density at radius 2 is 2.00 bits per heavy atom. The summed E-state index contributed by atoms with van der Waals surface area (Å²) in [5, 5.41) is 2.98. The van der Waals surface area contributed by atoms with E-state index in [9.17, 15) is 4.79 Å². The molecule has 1 aliphatic heterocycles. The fourth-order valence-corrected chi connectivity index (χ4v) is 2.88. The Morgan fingerprint density at radius 3 is 2.64 bits per heavy atom. The molecular weight excluding hydrogens is 312 g/mol. The van der Waals surface area contributed by atoms with Gasteiger partial charge in [0.25, 0.3) is 0 Å². The predicted octanol–water partition coefficient (Wildman–Crippen LogP) is 3.42. The molecule has 2 heterocycles.